The summed E-state index contributed by atoms with van der Waals surface area (Å²) in [6, 6.07) is 2.53. The minimum Gasteiger partial charge on any atom is -0.465 e. The molecule has 0 bridgehead atoms. The Labute approximate surface area is 140 Å². The molecule has 1 amide bonds. The molecule has 7 heteroatoms. The molecule has 1 aliphatic heterocycles. The number of methoxy groups -OCH3 is 1. The van der Waals surface area contributed by atoms with E-state index in [0.29, 0.717) is 12.1 Å². The van der Waals surface area contributed by atoms with Crippen LogP contribution in [0.2, 0.25) is 0 Å². The van der Waals surface area contributed by atoms with Crippen LogP contribution in [0.1, 0.15) is 65.8 Å². The van der Waals surface area contributed by atoms with Crippen LogP contribution in [-0.2, 0) is 11.3 Å². The topological polar surface area (TPSA) is 89.8 Å². The molecule has 0 N–H and O–H groups in total. The summed E-state index contributed by atoms with van der Waals surface area (Å²) in [5.41, 5.74) is 0.590. The standard InChI is InChI=1S/C17H22N2O5/c1-4-6-11(7-5-2)18-10-15-13(16(18)20)8-12(19(22)23)9-14(15)17(21)24-3/h8-9,11H,4-7,10H2,1-3H3. The highest BCUT2D eigenvalue weighted by Gasteiger charge is 2.36. The molecule has 2 rings (SSSR count). The SMILES string of the molecule is CCCC(CCC)N1Cc2c(C(=O)OC)cc([N+](=O)[O-])cc2C1=O. The predicted octanol–water partition coefficient (Wildman–Crippen LogP) is 3.31. The first kappa shape index (κ1) is 17.9. The number of amides is 1. The van der Waals surface area contributed by atoms with Crippen LogP contribution in [0, 0.1) is 10.1 Å². The summed E-state index contributed by atoms with van der Waals surface area (Å²) in [5, 5.41) is 11.1. The van der Waals surface area contributed by atoms with E-state index < -0.39 is 10.9 Å². The van der Waals surface area contributed by atoms with Crippen molar-refractivity contribution in [2.45, 2.75) is 52.1 Å². The van der Waals surface area contributed by atoms with Gasteiger partial charge in [-0.3, -0.25) is 14.9 Å². The number of nitrogens with zero attached hydrogens (tertiary/aromatic N) is 2. The number of fused-ring (bicyclic) bond motifs is 1. The van der Waals surface area contributed by atoms with Crippen LogP contribution in [0.25, 0.3) is 0 Å². The van der Waals surface area contributed by atoms with Gasteiger partial charge >= 0.3 is 5.97 Å². The maximum Gasteiger partial charge on any atom is 0.338 e. The van der Waals surface area contributed by atoms with Crippen molar-refractivity contribution in [2.24, 2.45) is 0 Å². The zero-order valence-electron chi connectivity index (χ0n) is 14.2. The Kier molecular flexibility index (Phi) is 5.54. The van der Waals surface area contributed by atoms with E-state index >= 15 is 0 Å². The summed E-state index contributed by atoms with van der Waals surface area (Å²) in [7, 11) is 1.22. The Morgan fingerprint density at radius 1 is 1.33 bits per heavy atom. The highest BCUT2D eigenvalue weighted by molar-refractivity contribution is 6.04. The Balaban J connectivity index is 2.49. The molecule has 1 heterocycles. The van der Waals surface area contributed by atoms with Gasteiger partial charge in [-0.2, -0.15) is 0 Å². The molecule has 24 heavy (non-hydrogen) atoms. The molecule has 0 spiro atoms. The van der Waals surface area contributed by atoms with E-state index in [0.717, 1.165) is 25.7 Å². The van der Waals surface area contributed by atoms with Gasteiger partial charge in [-0.05, 0) is 18.4 Å². The summed E-state index contributed by atoms with van der Waals surface area (Å²) >= 11 is 0. The molecule has 0 fully saturated rings. The number of non-ortho nitro benzene ring substituents is 1. The lowest BCUT2D eigenvalue weighted by molar-refractivity contribution is -0.384. The average Bonchev–Trinajstić information content (AvgIpc) is 2.90. The van der Waals surface area contributed by atoms with Gasteiger partial charge in [-0.1, -0.05) is 26.7 Å². The molecular weight excluding hydrogens is 312 g/mol. The third-order valence-electron chi connectivity index (χ3n) is 4.36. The van der Waals surface area contributed by atoms with Gasteiger partial charge in [0, 0.05) is 24.7 Å². The molecule has 0 saturated heterocycles. The van der Waals surface area contributed by atoms with Crippen molar-refractivity contribution in [1.82, 2.24) is 4.90 Å². The normalized spacial score (nSPS) is 13.3. The Bertz CT molecular complexity index is 665. The third-order valence-corrected chi connectivity index (χ3v) is 4.36. The number of hydrogen-bond donors (Lipinski definition) is 0. The molecule has 0 unspecified atom stereocenters. The predicted molar refractivity (Wildman–Crippen MR) is 87.9 cm³/mol. The summed E-state index contributed by atoms with van der Waals surface area (Å²) in [6.45, 7) is 4.41. The van der Waals surface area contributed by atoms with Crippen molar-refractivity contribution < 1.29 is 19.2 Å². The minimum atomic E-state index is -0.660. The number of nitro groups is 1. The number of esters is 1. The number of hydrogen-bond acceptors (Lipinski definition) is 5. The zero-order valence-corrected chi connectivity index (χ0v) is 14.2. The highest BCUT2D eigenvalue weighted by Crippen LogP contribution is 2.33. The fourth-order valence-corrected chi connectivity index (χ4v) is 3.23. The fourth-order valence-electron chi connectivity index (χ4n) is 3.23. The van der Waals surface area contributed by atoms with Crippen molar-refractivity contribution >= 4 is 17.6 Å². The van der Waals surface area contributed by atoms with Crippen LogP contribution < -0.4 is 0 Å². The molecule has 0 aliphatic carbocycles. The molecule has 130 valence electrons. The fraction of sp³-hybridized carbons (Fsp3) is 0.529. The van der Waals surface area contributed by atoms with E-state index in [9.17, 15) is 19.7 Å². The van der Waals surface area contributed by atoms with Gasteiger partial charge in [0.15, 0.2) is 0 Å². The van der Waals surface area contributed by atoms with Crippen molar-refractivity contribution in [3.05, 3.63) is 38.9 Å². The van der Waals surface area contributed by atoms with Gasteiger partial charge in [0.05, 0.1) is 23.2 Å². The number of carbonyl (C=O) groups excluding carboxylic acids is 2. The Morgan fingerprint density at radius 3 is 2.46 bits per heavy atom. The van der Waals surface area contributed by atoms with Gasteiger partial charge in [0.25, 0.3) is 11.6 Å². The first-order valence-electron chi connectivity index (χ1n) is 8.15. The van der Waals surface area contributed by atoms with Crippen LogP contribution in [0.15, 0.2) is 12.1 Å². The van der Waals surface area contributed by atoms with Gasteiger partial charge in [-0.25, -0.2) is 4.79 Å². The van der Waals surface area contributed by atoms with Crippen molar-refractivity contribution in [2.75, 3.05) is 7.11 Å². The molecular formula is C17H22N2O5. The molecule has 0 saturated carbocycles. The molecule has 1 aliphatic rings. The van der Waals surface area contributed by atoms with E-state index in [1.807, 2.05) is 0 Å². The van der Waals surface area contributed by atoms with Crippen molar-refractivity contribution in [3.63, 3.8) is 0 Å². The maximum absolute atomic E-state index is 12.8. The van der Waals surface area contributed by atoms with Gasteiger partial charge in [0.1, 0.15) is 0 Å². The quantitative estimate of drug-likeness (QED) is 0.433. The number of rotatable bonds is 7. The second-order valence-electron chi connectivity index (χ2n) is 5.93. The van der Waals surface area contributed by atoms with Crippen LogP contribution in [0.3, 0.4) is 0 Å². The summed E-state index contributed by atoms with van der Waals surface area (Å²) in [6.07, 6.45) is 3.61. The summed E-state index contributed by atoms with van der Waals surface area (Å²) < 4.78 is 4.73. The highest BCUT2D eigenvalue weighted by atomic mass is 16.6. The van der Waals surface area contributed by atoms with E-state index in [-0.39, 0.29) is 28.8 Å². The monoisotopic (exact) mass is 334 g/mol. The average molecular weight is 334 g/mol. The van der Waals surface area contributed by atoms with Crippen LogP contribution in [0.4, 0.5) is 5.69 Å². The van der Waals surface area contributed by atoms with E-state index in [4.69, 9.17) is 4.74 Å². The molecule has 1 aromatic rings. The second-order valence-corrected chi connectivity index (χ2v) is 5.93. The lowest BCUT2D eigenvalue weighted by Gasteiger charge is -2.27. The number of ether oxygens (including phenoxy) is 1. The number of benzene rings is 1. The molecule has 1 aromatic carbocycles. The van der Waals surface area contributed by atoms with E-state index in [2.05, 4.69) is 13.8 Å². The lowest BCUT2D eigenvalue weighted by atomic mass is 10.0. The van der Waals surface area contributed by atoms with E-state index in [1.54, 1.807) is 4.90 Å². The second kappa shape index (κ2) is 7.42. The minimum absolute atomic E-state index is 0.0736. The zero-order chi connectivity index (χ0) is 17.9. The van der Waals surface area contributed by atoms with Crippen molar-refractivity contribution in [3.8, 4) is 0 Å². The lowest BCUT2D eigenvalue weighted by Crippen LogP contribution is -2.35. The van der Waals surface area contributed by atoms with Crippen LogP contribution in [0.5, 0.6) is 0 Å². The van der Waals surface area contributed by atoms with Crippen molar-refractivity contribution in [1.29, 1.82) is 0 Å². The first-order chi connectivity index (χ1) is 11.4. The first-order valence-corrected chi connectivity index (χ1v) is 8.15. The summed E-state index contributed by atoms with van der Waals surface area (Å²) in [4.78, 5) is 37.0. The number of nitro benzene ring substituents is 1. The van der Waals surface area contributed by atoms with Gasteiger partial charge in [0.2, 0.25) is 0 Å². The number of carbonyl (C=O) groups is 2. The largest absolute Gasteiger partial charge is 0.465 e. The van der Waals surface area contributed by atoms with Gasteiger partial charge in [-0.15, -0.1) is 0 Å². The van der Waals surface area contributed by atoms with Gasteiger partial charge < -0.3 is 9.64 Å². The molecule has 0 atom stereocenters. The smallest absolute Gasteiger partial charge is 0.338 e. The molecule has 7 nitrogen and oxygen atoms in total. The van der Waals surface area contributed by atoms with Crippen LogP contribution >= 0.6 is 0 Å². The Morgan fingerprint density at radius 2 is 1.96 bits per heavy atom. The maximum atomic E-state index is 12.8. The Hall–Kier alpha value is -2.44. The third kappa shape index (κ3) is 3.25. The van der Waals surface area contributed by atoms with E-state index in [1.165, 1.54) is 19.2 Å². The molecule has 0 radical (unpaired) electrons. The van der Waals surface area contributed by atoms with Crippen LogP contribution in [-0.4, -0.2) is 34.9 Å². The molecule has 0 aromatic heterocycles. The summed E-state index contributed by atoms with van der Waals surface area (Å²) in [5.74, 6) is -0.905.